The molecule has 0 aliphatic heterocycles. The van der Waals surface area contributed by atoms with Gasteiger partial charge in [-0.1, -0.05) is 127 Å². The number of hydrogen-bond acceptors (Lipinski definition) is 15. The lowest BCUT2D eigenvalue weighted by molar-refractivity contribution is 0.0768. The monoisotopic (exact) mass is 1610 g/mol. The maximum atomic E-state index is 15.4. The Morgan fingerprint density at radius 3 is 1.48 bits per heavy atom. The van der Waals surface area contributed by atoms with E-state index in [9.17, 15) is 32.8 Å². The van der Waals surface area contributed by atoms with E-state index in [0.29, 0.717) is 67.6 Å². The normalized spacial score (nSPS) is 11.5. The van der Waals surface area contributed by atoms with Gasteiger partial charge in [0.1, 0.15) is 23.1 Å². The number of aromatic nitrogens is 11. The van der Waals surface area contributed by atoms with E-state index < -0.39 is 29.3 Å². The maximum absolute atomic E-state index is 15.4. The second kappa shape index (κ2) is 37.9. The third kappa shape index (κ3) is 19.3. The Bertz CT molecular complexity index is 6140. The van der Waals surface area contributed by atoms with Crippen LogP contribution in [-0.2, 0) is 32.6 Å². The first kappa shape index (κ1) is 82.5. The molecule has 0 saturated heterocycles. The lowest BCUT2D eigenvalue weighted by Gasteiger charge is -2.20. The Morgan fingerprint density at radius 2 is 0.966 bits per heavy atom. The number of benzene rings is 10. The van der Waals surface area contributed by atoms with Gasteiger partial charge in [0, 0.05) is 94.1 Å². The molecule has 10 aromatic carbocycles. The summed E-state index contributed by atoms with van der Waals surface area (Å²) in [7, 11) is 9.54. The molecule has 1 aliphatic rings. The summed E-state index contributed by atoms with van der Waals surface area (Å²) in [5.41, 5.74) is 12.7. The van der Waals surface area contributed by atoms with Gasteiger partial charge in [0.05, 0.1) is 96.2 Å². The quantitative estimate of drug-likeness (QED) is 0.0355. The zero-order valence-corrected chi connectivity index (χ0v) is 67.2. The lowest BCUT2D eigenvalue weighted by Crippen LogP contribution is -2.27. The molecule has 1 saturated carbocycles. The SMILES string of the molecule is CCOc1cc(-c2ccccc2)ccc1C(=O)N(C)Cc1cccc2cn[nH]c12.CCOc1cc(C(=O)N(C)Cc2cccc3cn[nH]c23)ccc1CC1CC1.CCOc1nc(C(=O)N(C)Cc2cccc3cn[nH]c23)nn1-c1cccc(F)c1.CNC(=O)c1cc(-c2ccc(C(=O)N(C)Cc3cccc4cn[nH]c34)c(F)c2OC)ccc1F. The van der Waals surface area contributed by atoms with Crippen LogP contribution in [0, 0.1) is 23.4 Å². The van der Waals surface area contributed by atoms with Crippen LogP contribution in [0.2, 0.25) is 0 Å². The molecule has 1 aliphatic carbocycles. The highest BCUT2D eigenvalue weighted by Crippen LogP contribution is 2.38. The van der Waals surface area contributed by atoms with Crippen molar-refractivity contribution in [2.24, 2.45) is 5.92 Å². The van der Waals surface area contributed by atoms with Gasteiger partial charge in [-0.05, 0) is 157 Å². The number of aromatic amines is 4. The fraction of sp³-hybridized carbons (Fsp3) is 0.220. The van der Waals surface area contributed by atoms with Gasteiger partial charge in [-0.15, -0.1) is 5.10 Å². The van der Waals surface area contributed by atoms with E-state index in [2.05, 4.69) is 62.3 Å². The standard InChI is InChI=1S/C25H22F2N4O3.C24H23N3O2.C22H25N3O2.C20H19FN6O2/c1-28-24(32)19-11-14(7-10-20(19)26)17-8-9-18(21(27)23(17)34-3)25(33)31(2)13-16-6-4-5-15-12-29-30-22(15)16;1-3-29-22-14-18(17-8-5-4-6-9-17)12-13-21(22)24(28)27(2)16-20-11-7-10-19-15-25-26-23(19)20;1-3-27-20-12-17(10-9-16(20)11-15-7-8-15)22(26)25(2)14-19-6-4-5-18-13-23-24-21(18)19;1-3-29-20-23-18(25-27(20)16-9-5-8-15(21)10-16)19(28)26(2)12-14-7-4-6-13-11-22-24-17(13)14/h4-12H,13H2,1-3H3,(H,28,32)(H,29,30);4-15H,3,16H2,1-2H3,(H,25,26);4-6,9-10,12-13,15H,3,7-8,11,14H2,1-2H3,(H,23,24);4-11H,3,12H2,1-2H3,(H,22,24). The van der Waals surface area contributed by atoms with Crippen LogP contribution in [0.5, 0.6) is 23.3 Å². The lowest BCUT2D eigenvalue weighted by atomic mass is 9.99. The summed E-state index contributed by atoms with van der Waals surface area (Å²) in [4.78, 5) is 74.7. The van der Waals surface area contributed by atoms with Crippen molar-refractivity contribution in [2.45, 2.75) is 66.2 Å². The molecule has 28 heteroatoms. The van der Waals surface area contributed by atoms with Crippen LogP contribution in [-0.4, -0.2) is 167 Å². The predicted molar refractivity (Wildman–Crippen MR) is 449 cm³/mol. The topological polar surface area (TPSA) is 293 Å². The molecule has 5 amide bonds. The molecule has 0 atom stereocenters. The number of nitrogens with zero attached hydrogens (tertiary/aromatic N) is 11. The van der Waals surface area contributed by atoms with Crippen molar-refractivity contribution in [2.75, 3.05) is 62.2 Å². The van der Waals surface area contributed by atoms with Crippen LogP contribution in [0.1, 0.15) is 113 Å². The molecule has 25 nitrogen and oxygen atoms in total. The van der Waals surface area contributed by atoms with Crippen LogP contribution in [0.3, 0.4) is 0 Å². The minimum absolute atomic E-state index is 0.00885. The fourth-order valence-electron chi connectivity index (χ4n) is 13.9. The van der Waals surface area contributed by atoms with E-state index in [-0.39, 0.29) is 58.5 Å². The number of hydrogen-bond donors (Lipinski definition) is 5. The molecule has 0 radical (unpaired) electrons. The highest BCUT2D eigenvalue weighted by atomic mass is 19.1. The molecule has 5 heterocycles. The second-order valence-electron chi connectivity index (χ2n) is 28.4. The summed E-state index contributed by atoms with van der Waals surface area (Å²) >= 11 is 0. The number of carbonyl (C=O) groups excluding carboxylic acids is 5. The Morgan fingerprint density at radius 1 is 0.471 bits per heavy atom. The van der Waals surface area contributed by atoms with Crippen molar-refractivity contribution in [3.8, 4) is 51.2 Å². The number of nitrogens with one attached hydrogen (secondary N) is 5. The van der Waals surface area contributed by atoms with Gasteiger partial charge < -0.3 is 43.9 Å². The van der Waals surface area contributed by atoms with Crippen molar-refractivity contribution in [1.82, 2.24) is 80.5 Å². The molecule has 15 aromatic rings. The number of rotatable bonds is 25. The highest BCUT2D eigenvalue weighted by Gasteiger charge is 2.28. The largest absolute Gasteiger partial charge is 0.494 e. The number of amides is 5. The number of H-pyrrole nitrogens is 4. The number of carbonyl (C=O) groups is 5. The highest BCUT2D eigenvalue weighted by molar-refractivity contribution is 6.00. The van der Waals surface area contributed by atoms with E-state index >= 15 is 4.39 Å². The predicted octanol–water partition coefficient (Wildman–Crippen LogP) is 16.2. The molecular weight excluding hydrogens is 1520 g/mol. The van der Waals surface area contributed by atoms with Crippen LogP contribution in [0.4, 0.5) is 13.2 Å². The molecule has 5 N–H and O–H groups in total. The summed E-state index contributed by atoms with van der Waals surface area (Å²) in [5.74, 6) is -1.56. The molecule has 0 bridgehead atoms. The first-order valence-corrected chi connectivity index (χ1v) is 38.7. The Balaban J connectivity index is 0.000000138. The van der Waals surface area contributed by atoms with Gasteiger partial charge in [0.2, 0.25) is 5.82 Å². The summed E-state index contributed by atoms with van der Waals surface area (Å²) in [6.07, 6.45) is 10.7. The van der Waals surface area contributed by atoms with Crippen LogP contribution in [0.25, 0.3) is 71.6 Å². The van der Waals surface area contributed by atoms with Gasteiger partial charge in [-0.25, -0.2) is 13.2 Å². The van der Waals surface area contributed by atoms with E-state index in [0.717, 1.165) is 101 Å². The van der Waals surface area contributed by atoms with Gasteiger partial charge in [-0.3, -0.25) is 44.4 Å². The minimum atomic E-state index is -0.845. The van der Waals surface area contributed by atoms with E-state index in [4.69, 9.17) is 18.9 Å². The van der Waals surface area contributed by atoms with Gasteiger partial charge >= 0.3 is 6.01 Å². The summed E-state index contributed by atoms with van der Waals surface area (Å²) < 4.78 is 66.8. The first-order chi connectivity index (χ1) is 57.7. The molecule has 5 aromatic heterocycles. The molecule has 1 fully saturated rings. The Kier molecular flexibility index (Phi) is 26.3. The third-order valence-corrected chi connectivity index (χ3v) is 20.1. The average molecular weight is 1610 g/mol. The van der Waals surface area contributed by atoms with Crippen LogP contribution in [0.15, 0.2) is 219 Å². The van der Waals surface area contributed by atoms with Crippen LogP contribution >= 0.6 is 0 Å². The molecule has 16 rings (SSSR count). The minimum Gasteiger partial charge on any atom is -0.494 e. The summed E-state index contributed by atoms with van der Waals surface area (Å²) in [6.45, 7) is 8.70. The average Bonchev–Trinajstić information content (AvgIpc) is 1.78. The first-order valence-electron chi connectivity index (χ1n) is 38.7. The number of methoxy groups -OCH3 is 1. The van der Waals surface area contributed by atoms with Crippen molar-refractivity contribution >= 4 is 73.1 Å². The second-order valence-corrected chi connectivity index (χ2v) is 28.4. The molecule has 608 valence electrons. The number of fused-ring (bicyclic) bond motifs is 4. The Labute approximate surface area is 684 Å². The third-order valence-electron chi connectivity index (χ3n) is 20.1. The van der Waals surface area contributed by atoms with Crippen LogP contribution < -0.4 is 24.3 Å². The van der Waals surface area contributed by atoms with E-state index in [1.54, 1.807) is 74.8 Å². The zero-order chi connectivity index (χ0) is 83.8. The van der Waals surface area contributed by atoms with Crippen molar-refractivity contribution in [3.63, 3.8) is 0 Å². The smallest absolute Gasteiger partial charge is 0.320 e. The van der Waals surface area contributed by atoms with Crippen molar-refractivity contribution in [3.05, 3.63) is 292 Å². The number of halogens is 3. The number of ether oxygens (including phenoxy) is 4. The van der Waals surface area contributed by atoms with Gasteiger partial charge in [0.25, 0.3) is 29.5 Å². The van der Waals surface area contributed by atoms with E-state index in [1.165, 1.54) is 83.4 Å². The molecule has 119 heavy (non-hydrogen) atoms. The number of para-hydroxylation sites is 4. The van der Waals surface area contributed by atoms with Crippen molar-refractivity contribution in [1.29, 1.82) is 0 Å². The fourth-order valence-corrected chi connectivity index (χ4v) is 13.9. The summed E-state index contributed by atoms with van der Waals surface area (Å²) in [6, 6.07) is 57.8. The molecule has 0 spiro atoms. The summed E-state index contributed by atoms with van der Waals surface area (Å²) in [5, 5.41) is 38.7. The van der Waals surface area contributed by atoms with Gasteiger partial charge in [0.15, 0.2) is 11.6 Å². The molecule has 0 unspecified atom stereocenters. The Hall–Kier alpha value is -14.4. The zero-order valence-electron chi connectivity index (χ0n) is 67.2. The van der Waals surface area contributed by atoms with Crippen molar-refractivity contribution < 1.29 is 56.1 Å². The van der Waals surface area contributed by atoms with Gasteiger partial charge in [-0.2, -0.15) is 30.1 Å². The van der Waals surface area contributed by atoms with E-state index in [1.807, 2.05) is 154 Å². The maximum Gasteiger partial charge on any atom is 0.320 e. The molecular formula is C91H89F3N16O9.